The molecule has 12 nitrogen and oxygen atoms in total. The van der Waals surface area contributed by atoms with Gasteiger partial charge in [0.15, 0.2) is 0 Å². The molecule has 0 radical (unpaired) electrons. The van der Waals surface area contributed by atoms with Gasteiger partial charge < -0.3 is 29.9 Å². The van der Waals surface area contributed by atoms with Crippen LogP contribution in [0.2, 0.25) is 0 Å². The molecule has 0 amide bonds. The minimum atomic E-state index is -10.6. The van der Waals surface area contributed by atoms with Crippen LogP contribution in [0.5, 0.6) is 5.75 Å². The lowest BCUT2D eigenvalue weighted by molar-refractivity contribution is -0.795. The molecule has 1 saturated heterocycles. The zero-order chi connectivity index (χ0) is 30.5. The largest absolute Gasteiger partial charge is 0.475 e. The molecule has 0 spiro atoms. The lowest BCUT2D eigenvalue weighted by atomic mass is 9.98. The second kappa shape index (κ2) is 9.55. The van der Waals surface area contributed by atoms with E-state index in [1.165, 1.54) is 0 Å². The molecule has 40 heavy (non-hydrogen) atoms. The minimum Gasteiger partial charge on any atom is -0.475 e. The summed E-state index contributed by atoms with van der Waals surface area (Å²) in [7, 11) is -10.6. The van der Waals surface area contributed by atoms with Crippen molar-refractivity contribution in [1.29, 1.82) is 0 Å². The molecule has 1 fully saturated rings. The van der Waals surface area contributed by atoms with Crippen LogP contribution in [-0.4, -0.2) is 74.1 Å². The van der Waals surface area contributed by atoms with Crippen LogP contribution < -0.4 is 10.3 Å². The number of ether oxygens (including phenoxy) is 2. The standard InChI is InChI=1S/C19H22F8N3O9S/c1-9(39-28-30(36)29-4-2-3-11(29)8-31)37-17(32)13-6-10-5-12(40(23,24,25,26)27)7-14(19(33,34)35)15(10)38-16(13)18(20,21)22/h5-7,9,11,16,31,33-35H,2-4,8H2,1H3,(H,28,36)/q+1/t9?,11-,16?/m0/s1. The summed E-state index contributed by atoms with van der Waals surface area (Å²) in [6.07, 6.45) is -9.74. The lowest BCUT2D eigenvalue weighted by Crippen LogP contribution is -2.47. The molecule has 0 bridgehead atoms. The first-order valence-electron chi connectivity index (χ1n) is 10.9. The number of hydrogen-bond acceptors (Lipinski definition) is 9. The third-order valence-corrected chi connectivity index (χ3v) is 6.75. The maximum Gasteiger partial charge on any atom is 0.430 e. The first-order chi connectivity index (χ1) is 17.9. The molecule has 228 valence electrons. The highest BCUT2D eigenvalue weighted by Crippen LogP contribution is 3.02. The lowest BCUT2D eigenvalue weighted by Gasteiger charge is -2.41. The fourth-order valence-corrected chi connectivity index (χ4v) is 4.52. The third kappa shape index (κ3) is 7.01. The van der Waals surface area contributed by atoms with Crippen molar-refractivity contribution in [1.82, 2.24) is 10.6 Å². The van der Waals surface area contributed by atoms with Crippen molar-refractivity contribution in [2.75, 3.05) is 13.2 Å². The summed E-state index contributed by atoms with van der Waals surface area (Å²) in [6.45, 7) is 0.708. The Morgan fingerprint density at radius 3 is 2.38 bits per heavy atom. The second-order valence-corrected chi connectivity index (χ2v) is 11.1. The first-order valence-corrected chi connectivity index (χ1v) is 12.9. The number of fused-ring (bicyclic) bond motifs is 1. The Morgan fingerprint density at radius 2 is 1.85 bits per heavy atom. The van der Waals surface area contributed by atoms with E-state index < -0.39 is 92.9 Å². The van der Waals surface area contributed by atoms with Gasteiger partial charge in [0, 0.05) is 18.1 Å². The van der Waals surface area contributed by atoms with Crippen LogP contribution in [0.25, 0.3) is 6.08 Å². The number of nitrogens with one attached hydrogen (secondary N) is 1. The number of halogens is 8. The number of hydrogen-bond donors (Lipinski definition) is 5. The molecule has 2 aliphatic heterocycles. The summed E-state index contributed by atoms with van der Waals surface area (Å²) in [4.78, 5) is 26.5. The van der Waals surface area contributed by atoms with Gasteiger partial charge in [-0.2, -0.15) is 18.0 Å². The number of nitroso groups, excluding NO2 is 1. The van der Waals surface area contributed by atoms with Gasteiger partial charge in [-0.3, -0.25) is 0 Å². The Bertz CT molecular complexity index is 1220. The zero-order valence-electron chi connectivity index (χ0n) is 19.9. The molecule has 0 aliphatic carbocycles. The highest BCUT2D eigenvalue weighted by Gasteiger charge is 2.66. The molecule has 0 saturated carbocycles. The minimum absolute atomic E-state index is 0.0116. The predicted molar refractivity (Wildman–Crippen MR) is 115 cm³/mol. The van der Waals surface area contributed by atoms with Crippen LogP contribution in [0.3, 0.4) is 0 Å². The van der Waals surface area contributed by atoms with E-state index in [9.17, 15) is 62.7 Å². The number of benzene rings is 1. The predicted octanol–water partition coefficient (Wildman–Crippen LogP) is 2.61. The summed E-state index contributed by atoms with van der Waals surface area (Å²) in [5.74, 6) is -7.83. The van der Waals surface area contributed by atoms with Crippen LogP contribution >= 0.6 is 10.2 Å². The Kier molecular flexibility index (Phi) is 7.53. The molecule has 21 heteroatoms. The molecule has 2 aliphatic rings. The number of carbonyl (C=O) groups is 1. The van der Waals surface area contributed by atoms with Gasteiger partial charge in [0.2, 0.25) is 12.4 Å². The van der Waals surface area contributed by atoms with Crippen LogP contribution in [0.15, 0.2) is 22.6 Å². The van der Waals surface area contributed by atoms with Crippen molar-refractivity contribution < 1.29 is 77.1 Å². The van der Waals surface area contributed by atoms with Crippen molar-refractivity contribution in [3.8, 4) is 5.75 Å². The fraction of sp³-hybridized carbons (Fsp3) is 0.526. The van der Waals surface area contributed by atoms with E-state index in [4.69, 9.17) is 4.84 Å². The van der Waals surface area contributed by atoms with E-state index in [1.807, 2.05) is 0 Å². The first kappa shape index (κ1) is 31.5. The number of esters is 1. The molecular weight excluding hydrogens is 598 g/mol. The van der Waals surface area contributed by atoms with Crippen molar-refractivity contribution in [3.63, 3.8) is 0 Å². The number of carbonyl (C=O) groups excluding carboxylic acids is 1. The quantitative estimate of drug-likeness (QED) is 0.0908. The molecule has 3 atom stereocenters. The molecular formula is C19H22F8N3O9S+. The summed E-state index contributed by atoms with van der Waals surface area (Å²) in [5.41, 5.74) is -3.07. The third-order valence-electron chi connectivity index (χ3n) is 5.62. The van der Waals surface area contributed by atoms with Crippen LogP contribution in [-0.2, 0) is 20.3 Å². The van der Waals surface area contributed by atoms with Crippen LogP contribution in [0, 0.1) is 4.91 Å². The number of hydrazine groups is 2. The number of aliphatic hydroxyl groups is 4. The molecule has 1 aromatic carbocycles. The second-order valence-electron chi connectivity index (χ2n) is 8.73. The molecule has 1 aromatic rings. The Morgan fingerprint density at radius 1 is 1.23 bits per heavy atom. The van der Waals surface area contributed by atoms with E-state index in [-0.39, 0.29) is 17.6 Å². The van der Waals surface area contributed by atoms with E-state index in [0.29, 0.717) is 12.8 Å². The van der Waals surface area contributed by atoms with Crippen molar-refractivity contribution in [2.24, 2.45) is 0 Å². The SMILES string of the molecule is CC(ON[N+](=O)N1CCC[C@H]1CO)OC(=O)C1=Cc2cc(S(F)(F)(F)(F)F)cc(C(O)(O)O)c2OC1C(F)(F)F. The molecule has 5 N–H and O–H groups in total. The van der Waals surface area contributed by atoms with Crippen LogP contribution in [0.1, 0.15) is 30.9 Å². The summed E-state index contributed by atoms with van der Waals surface area (Å²) < 4.78 is 117. The number of aliphatic hydroxyl groups excluding tert-OH is 1. The summed E-state index contributed by atoms with van der Waals surface area (Å²) in [5, 5.41) is 38.4. The Balaban J connectivity index is 1.94. The molecule has 2 heterocycles. The van der Waals surface area contributed by atoms with E-state index in [0.717, 1.165) is 11.9 Å². The van der Waals surface area contributed by atoms with Gasteiger partial charge in [0.05, 0.1) is 29.2 Å². The van der Waals surface area contributed by atoms with Crippen LogP contribution in [0.4, 0.5) is 32.6 Å². The summed E-state index contributed by atoms with van der Waals surface area (Å²) in [6, 6.07) is -1.71. The molecule has 0 aromatic heterocycles. The Labute approximate surface area is 218 Å². The summed E-state index contributed by atoms with van der Waals surface area (Å²) >= 11 is 0. The number of alkyl halides is 3. The van der Waals surface area contributed by atoms with E-state index in [2.05, 4.69) is 9.47 Å². The van der Waals surface area contributed by atoms with E-state index >= 15 is 0 Å². The van der Waals surface area contributed by atoms with Gasteiger partial charge in [-0.15, -0.1) is 5.01 Å². The fourth-order valence-electron chi connectivity index (χ4n) is 3.83. The highest BCUT2D eigenvalue weighted by molar-refractivity contribution is 8.45. The maximum absolute atomic E-state index is 13.7. The molecule has 3 rings (SSSR count). The monoisotopic (exact) mass is 620 g/mol. The topological polar surface area (TPSA) is 161 Å². The highest BCUT2D eigenvalue weighted by atomic mass is 32.5. The van der Waals surface area contributed by atoms with Gasteiger partial charge in [0.25, 0.3) is 4.98 Å². The van der Waals surface area contributed by atoms with Crippen molar-refractivity contribution in [3.05, 3.63) is 33.7 Å². The normalized spacial score (nSPS) is 22.3. The average Bonchev–Trinajstić information content (AvgIpc) is 3.27. The number of nitrogens with zero attached hydrogens (tertiary/aromatic N) is 2. The Hall–Kier alpha value is -2.98. The van der Waals surface area contributed by atoms with Gasteiger partial charge in [-0.05, 0) is 31.1 Å². The molecule has 2 unspecified atom stereocenters. The van der Waals surface area contributed by atoms with Gasteiger partial charge in [-0.25, -0.2) is 4.79 Å². The average molecular weight is 620 g/mol. The van der Waals surface area contributed by atoms with E-state index in [1.54, 1.807) is 5.59 Å². The van der Waals surface area contributed by atoms with Crippen molar-refractivity contribution in [2.45, 2.75) is 55.2 Å². The van der Waals surface area contributed by atoms with Gasteiger partial charge >= 0.3 is 28.3 Å². The zero-order valence-corrected chi connectivity index (χ0v) is 20.8. The van der Waals surface area contributed by atoms with Gasteiger partial charge in [0.1, 0.15) is 16.7 Å². The van der Waals surface area contributed by atoms with Gasteiger partial charge in [-0.1, -0.05) is 19.4 Å². The maximum atomic E-state index is 13.7. The number of rotatable bonds is 9. The smallest absolute Gasteiger partial charge is 0.430 e. The van der Waals surface area contributed by atoms with Crippen molar-refractivity contribution >= 4 is 22.3 Å².